The Morgan fingerprint density at radius 1 is 0.741 bits per heavy atom. The fourth-order valence-corrected chi connectivity index (χ4v) is 8.43. The Hall–Kier alpha value is -2.56. The van der Waals surface area contributed by atoms with Gasteiger partial charge in [-0.3, -0.25) is 19.0 Å². The number of anilines is 1. The van der Waals surface area contributed by atoms with Gasteiger partial charge in [-0.2, -0.15) is 4.98 Å². The number of ether oxygens (including phenoxy) is 1. The van der Waals surface area contributed by atoms with E-state index < -0.39 is 23.0 Å². The lowest BCUT2D eigenvalue weighted by molar-refractivity contribution is -0.127. The molecule has 0 spiro atoms. The molecule has 330 valence electrons. The third-order valence-corrected chi connectivity index (χ3v) is 12.3. The van der Waals surface area contributed by atoms with Crippen molar-refractivity contribution in [1.29, 1.82) is 0 Å². The van der Waals surface area contributed by atoms with E-state index in [0.29, 0.717) is 19.3 Å². The molecular weight excluding hydrogens is 747 g/mol. The number of hydrogen-bond acceptors (Lipinski definition) is 8. The number of nitrogens with zero attached hydrogens (tertiary/aromatic N) is 2. The Morgan fingerprint density at radius 3 is 1.71 bits per heavy atom. The van der Waals surface area contributed by atoms with Gasteiger partial charge in [0, 0.05) is 37.8 Å². The highest BCUT2D eigenvalue weighted by molar-refractivity contribution is 8.00. The highest BCUT2D eigenvalue weighted by Gasteiger charge is 2.28. The average Bonchev–Trinajstić information content (AvgIpc) is 3.70. The first-order valence-electron chi connectivity index (χ1n) is 23.5. The number of hydrogen-bond donors (Lipinski definition) is 2. The van der Waals surface area contributed by atoms with Gasteiger partial charge in [-0.25, -0.2) is 4.79 Å². The molecule has 1 aliphatic rings. The number of amides is 1. The molecule has 1 fully saturated rings. The fourth-order valence-electron chi connectivity index (χ4n) is 7.39. The number of rotatable bonds is 38. The fraction of sp³-hybridized carbons (Fsp3) is 0.771. The molecule has 0 radical (unpaired) electrons. The maximum Gasteiger partial charge on any atom is 0.350 e. The van der Waals surface area contributed by atoms with Crippen LogP contribution < -0.4 is 11.0 Å². The molecule has 1 aliphatic heterocycles. The van der Waals surface area contributed by atoms with Gasteiger partial charge in [0.15, 0.2) is 0 Å². The zero-order chi connectivity index (χ0) is 41.9. The molecule has 1 amide bonds. The van der Waals surface area contributed by atoms with Crippen molar-refractivity contribution in [1.82, 2.24) is 9.55 Å². The molecule has 3 unspecified atom stereocenters. The molecule has 3 atom stereocenters. The Bertz CT molecular complexity index is 1350. The second-order valence-corrected chi connectivity index (χ2v) is 17.7. The largest absolute Gasteiger partial charge is 0.393 e. The van der Waals surface area contributed by atoms with Crippen LogP contribution in [0.1, 0.15) is 212 Å². The van der Waals surface area contributed by atoms with Gasteiger partial charge in [-0.05, 0) is 76.7 Å². The molecule has 0 bridgehead atoms. The number of aliphatic hydroxyl groups excluding tert-OH is 1. The molecule has 1 aromatic heterocycles. The van der Waals surface area contributed by atoms with Gasteiger partial charge in [-0.15, -0.1) is 11.8 Å². The zero-order valence-corrected chi connectivity index (χ0v) is 37.4. The summed E-state index contributed by atoms with van der Waals surface area (Å²) in [6.07, 6.45) is 42.2. The SMILES string of the molecule is CCCCCCCC/C=C/CCCCCCCC(=O)CCC(CC(=O)CCCCCC/C=C/CCCCCCCC)C(=O)Nc1ccn(C2COC(CO)S2)c(=O)n1. The smallest absolute Gasteiger partial charge is 0.350 e. The van der Waals surface area contributed by atoms with Gasteiger partial charge in [-0.1, -0.05) is 134 Å². The normalized spacial score (nSPS) is 16.1. The van der Waals surface area contributed by atoms with Crippen LogP contribution in [-0.2, 0) is 19.1 Å². The number of thioether (sulfide) groups is 1. The van der Waals surface area contributed by atoms with Gasteiger partial charge >= 0.3 is 5.69 Å². The van der Waals surface area contributed by atoms with Crippen molar-refractivity contribution in [3.05, 3.63) is 47.1 Å². The summed E-state index contributed by atoms with van der Waals surface area (Å²) in [7, 11) is 0. The molecule has 2 rings (SSSR count). The number of aromatic nitrogens is 2. The van der Waals surface area contributed by atoms with E-state index in [1.165, 1.54) is 113 Å². The van der Waals surface area contributed by atoms with Crippen LogP contribution in [0.5, 0.6) is 0 Å². The topological polar surface area (TPSA) is 128 Å². The van der Waals surface area contributed by atoms with Crippen molar-refractivity contribution in [3.8, 4) is 0 Å². The van der Waals surface area contributed by atoms with Gasteiger partial charge < -0.3 is 15.2 Å². The molecular formula is C48H81N3O6S. The highest BCUT2D eigenvalue weighted by Crippen LogP contribution is 2.34. The standard InChI is InChI=1S/C48H81N3O6S/c1-3-5-7-9-11-13-15-17-19-21-22-24-26-28-30-32-42(53)35-34-41(38-43(54)33-31-29-27-25-23-20-18-16-14-12-10-8-6-4-2)47(55)49-44-36-37-51(48(56)50-44)45-40-57-46(39-52)58-45/h17-20,36-37,41,45-46,52H,3-16,21-35,38-40H2,1-2H3,(H,49,50,55,56)/b19-17+,20-18+. The molecule has 2 N–H and O–H groups in total. The van der Waals surface area contributed by atoms with Crippen LogP contribution in [0.25, 0.3) is 0 Å². The van der Waals surface area contributed by atoms with E-state index in [0.717, 1.165) is 64.2 Å². The first-order chi connectivity index (χ1) is 28.4. The maximum absolute atomic E-state index is 13.5. The van der Waals surface area contributed by atoms with Gasteiger partial charge in [0.2, 0.25) is 5.91 Å². The minimum atomic E-state index is -0.671. The average molecular weight is 828 g/mol. The van der Waals surface area contributed by atoms with Crippen molar-refractivity contribution < 1.29 is 24.2 Å². The second-order valence-electron chi connectivity index (χ2n) is 16.4. The molecule has 0 aromatic carbocycles. The van der Waals surface area contributed by atoms with Crippen molar-refractivity contribution in [3.63, 3.8) is 0 Å². The van der Waals surface area contributed by atoms with Gasteiger partial charge in [0.1, 0.15) is 28.2 Å². The minimum Gasteiger partial charge on any atom is -0.393 e. The van der Waals surface area contributed by atoms with Crippen molar-refractivity contribution in [2.45, 2.75) is 217 Å². The van der Waals surface area contributed by atoms with E-state index >= 15 is 0 Å². The van der Waals surface area contributed by atoms with Crippen LogP contribution in [0.15, 0.2) is 41.4 Å². The third-order valence-electron chi connectivity index (χ3n) is 11.1. The van der Waals surface area contributed by atoms with Crippen molar-refractivity contribution in [2.24, 2.45) is 5.92 Å². The highest BCUT2D eigenvalue weighted by atomic mass is 32.2. The quantitative estimate of drug-likeness (QED) is 0.0498. The Kier molecular flexibility index (Phi) is 31.3. The number of aliphatic hydroxyl groups is 1. The maximum atomic E-state index is 13.5. The van der Waals surface area contributed by atoms with E-state index in [2.05, 4.69) is 48.5 Å². The van der Waals surface area contributed by atoms with Gasteiger partial charge in [0.25, 0.3) is 0 Å². The van der Waals surface area contributed by atoms with Crippen molar-refractivity contribution >= 4 is 35.1 Å². The van der Waals surface area contributed by atoms with E-state index in [1.54, 1.807) is 12.3 Å². The number of nitrogens with one attached hydrogen (secondary N) is 1. The van der Waals surface area contributed by atoms with E-state index in [-0.39, 0.29) is 48.8 Å². The lowest BCUT2D eigenvalue weighted by Gasteiger charge is -2.17. The Morgan fingerprint density at radius 2 is 1.22 bits per heavy atom. The lowest BCUT2D eigenvalue weighted by atomic mass is 9.92. The first kappa shape index (κ1) is 51.6. The van der Waals surface area contributed by atoms with Crippen LogP contribution >= 0.6 is 11.8 Å². The van der Waals surface area contributed by atoms with Crippen LogP contribution in [0, 0.1) is 5.92 Å². The van der Waals surface area contributed by atoms with Gasteiger partial charge in [0.05, 0.1) is 13.2 Å². The predicted octanol–water partition coefficient (Wildman–Crippen LogP) is 12.4. The molecule has 1 aromatic rings. The van der Waals surface area contributed by atoms with E-state index in [1.807, 2.05) is 0 Å². The third kappa shape index (κ3) is 25.8. The summed E-state index contributed by atoms with van der Waals surface area (Å²) in [5.41, 5.74) is -0.926. The molecule has 9 nitrogen and oxygen atoms in total. The number of ketones is 2. The van der Waals surface area contributed by atoms with E-state index in [4.69, 9.17) is 4.74 Å². The predicted molar refractivity (Wildman–Crippen MR) is 242 cm³/mol. The first-order valence-corrected chi connectivity index (χ1v) is 24.4. The minimum absolute atomic E-state index is 0.0313. The number of Topliss-reactive ketones (excluding diaryl/α,β-unsaturated/α-hetero) is 2. The molecule has 2 heterocycles. The summed E-state index contributed by atoms with van der Waals surface area (Å²) in [5.74, 6) is -0.785. The number of unbranched alkanes of at least 4 members (excludes halogenated alkanes) is 21. The van der Waals surface area contributed by atoms with Crippen LogP contribution in [0.2, 0.25) is 0 Å². The summed E-state index contributed by atoms with van der Waals surface area (Å²) in [6, 6.07) is 1.56. The molecule has 0 aliphatic carbocycles. The summed E-state index contributed by atoms with van der Waals surface area (Å²) in [6.45, 7) is 4.63. The van der Waals surface area contributed by atoms with Crippen LogP contribution in [0.4, 0.5) is 5.82 Å². The second kappa shape index (κ2) is 35.2. The van der Waals surface area contributed by atoms with Crippen LogP contribution in [0.3, 0.4) is 0 Å². The Labute approximate surface area is 356 Å². The Balaban J connectivity index is 1.74. The molecule has 0 saturated carbocycles. The monoisotopic (exact) mass is 828 g/mol. The van der Waals surface area contributed by atoms with E-state index in [9.17, 15) is 24.3 Å². The lowest BCUT2D eigenvalue weighted by Crippen LogP contribution is -2.30. The summed E-state index contributed by atoms with van der Waals surface area (Å²) in [4.78, 5) is 56.4. The number of allylic oxidation sites excluding steroid dienone is 4. The van der Waals surface area contributed by atoms with Crippen LogP contribution in [-0.4, -0.2) is 50.8 Å². The zero-order valence-electron chi connectivity index (χ0n) is 36.6. The molecule has 1 saturated heterocycles. The molecule has 58 heavy (non-hydrogen) atoms. The van der Waals surface area contributed by atoms with Crippen molar-refractivity contribution in [2.75, 3.05) is 18.5 Å². The number of carbonyl (C=O) groups is 3. The summed E-state index contributed by atoms with van der Waals surface area (Å²) in [5, 5.41) is 11.8. The number of carbonyl (C=O) groups excluding carboxylic acids is 3. The summed E-state index contributed by atoms with van der Waals surface area (Å²) >= 11 is 1.34. The molecule has 10 heteroatoms. The summed E-state index contributed by atoms with van der Waals surface area (Å²) < 4.78 is 6.91.